The van der Waals surface area contributed by atoms with E-state index in [0.29, 0.717) is 11.5 Å². The molecular weight excluding hydrogens is 395 g/mol. The van der Waals surface area contributed by atoms with Crippen molar-refractivity contribution in [3.63, 3.8) is 0 Å². The summed E-state index contributed by atoms with van der Waals surface area (Å²) in [5.74, 6) is 0.978. The summed E-state index contributed by atoms with van der Waals surface area (Å²) < 4.78 is 10.8. The van der Waals surface area contributed by atoms with Crippen molar-refractivity contribution < 1.29 is 34.3 Å². The van der Waals surface area contributed by atoms with Crippen LogP contribution in [0.25, 0.3) is 0 Å². The van der Waals surface area contributed by atoms with E-state index in [1.807, 2.05) is 30.3 Å². The van der Waals surface area contributed by atoms with Crippen LogP contribution in [0.4, 0.5) is 0 Å². The van der Waals surface area contributed by atoms with Gasteiger partial charge in [-0.3, -0.25) is 0 Å². The van der Waals surface area contributed by atoms with Gasteiger partial charge in [0.05, 0.1) is 13.2 Å². The average Bonchev–Trinajstić information content (AvgIpc) is 2.79. The molecule has 0 heterocycles. The second-order valence-corrected chi connectivity index (χ2v) is 6.07. The Morgan fingerprint density at radius 3 is 1.41 bits per heavy atom. The van der Waals surface area contributed by atoms with E-state index in [1.54, 1.807) is 30.9 Å². The first-order valence-electron chi connectivity index (χ1n) is 8.54. The maximum absolute atomic E-state index is 10.8. The van der Waals surface area contributed by atoms with Crippen LogP contribution in [-0.2, 0) is 14.3 Å². The predicted molar refractivity (Wildman–Crippen MR) is 116 cm³/mol. The van der Waals surface area contributed by atoms with E-state index < -0.39 is 7.80 Å². The molecule has 1 atom stereocenters. The minimum Gasteiger partial charge on any atom is -0.394 e. The van der Waals surface area contributed by atoms with Gasteiger partial charge >= 0.3 is 7.80 Å². The Balaban J connectivity index is 0. The quantitative estimate of drug-likeness (QED) is 0.208. The highest BCUT2D eigenvalue weighted by Crippen LogP contribution is 2.17. The van der Waals surface area contributed by atoms with Gasteiger partial charge in [-0.2, -0.15) is 9.78 Å². The van der Waals surface area contributed by atoms with Crippen LogP contribution in [0.15, 0.2) is 80.9 Å². The minimum atomic E-state index is -1.15. The van der Waals surface area contributed by atoms with Crippen molar-refractivity contribution in [2.45, 2.75) is 0 Å². The van der Waals surface area contributed by atoms with Crippen LogP contribution in [0.1, 0.15) is 0 Å². The Morgan fingerprint density at radius 2 is 1.14 bits per heavy atom. The molecule has 2 aromatic carbocycles. The summed E-state index contributed by atoms with van der Waals surface area (Å²) in [7, 11) is -1.15. The molecule has 0 aliphatic rings. The van der Waals surface area contributed by atoms with Crippen molar-refractivity contribution in [2.24, 2.45) is 0 Å². The molecule has 0 fully saturated rings. The minimum absolute atomic E-state index is 0.101. The van der Waals surface area contributed by atoms with Gasteiger partial charge in [-0.1, -0.05) is 22.8 Å². The number of rotatable bonds is 9. The third kappa shape index (κ3) is 16.1. The molecule has 0 spiro atoms. The molecule has 160 valence electrons. The fraction of sp³-hybridized carbons (Fsp3) is 0.238. The van der Waals surface area contributed by atoms with E-state index in [9.17, 15) is 4.57 Å². The lowest BCUT2D eigenvalue weighted by atomic mass is 10.3. The van der Waals surface area contributed by atoms with E-state index in [0.717, 1.165) is 5.30 Å². The molecule has 0 aliphatic heterocycles. The Bertz CT molecular complexity index is 590. The van der Waals surface area contributed by atoms with Crippen molar-refractivity contribution in [1.29, 1.82) is 0 Å². The van der Waals surface area contributed by atoms with E-state index in [4.69, 9.17) is 20.0 Å². The third-order valence-corrected chi connectivity index (χ3v) is 3.63. The molecule has 0 aromatic heterocycles. The molecule has 29 heavy (non-hydrogen) atoms. The van der Waals surface area contributed by atoms with Crippen molar-refractivity contribution >= 4 is 13.1 Å². The van der Waals surface area contributed by atoms with Crippen LogP contribution in [0.5, 0.6) is 11.5 Å². The van der Waals surface area contributed by atoms with Crippen molar-refractivity contribution in [2.75, 3.05) is 33.1 Å². The van der Waals surface area contributed by atoms with Gasteiger partial charge in [0, 0.05) is 0 Å². The highest BCUT2D eigenvalue weighted by atomic mass is 31.1. The molecule has 2 N–H and O–H groups in total. The molecule has 0 bridgehead atoms. The largest absolute Gasteiger partial charge is 0.394 e. The molecule has 1 unspecified atom stereocenters. The summed E-state index contributed by atoms with van der Waals surface area (Å²) in [4.78, 5) is 19.0. The first-order chi connectivity index (χ1) is 14.2. The van der Waals surface area contributed by atoms with Crippen LogP contribution in [0, 0.1) is 0 Å². The van der Waals surface area contributed by atoms with E-state index in [1.165, 1.54) is 0 Å². The zero-order valence-corrected chi connectivity index (χ0v) is 17.6. The molecule has 0 saturated heterocycles. The Hall–Kier alpha value is -2.54. The molecule has 2 rings (SSSR count). The Kier molecular flexibility index (Phi) is 21.5. The Morgan fingerprint density at radius 1 is 0.759 bits per heavy atom. The zero-order valence-electron chi connectivity index (χ0n) is 16.7. The highest BCUT2D eigenvalue weighted by Gasteiger charge is 2.07. The van der Waals surface area contributed by atoms with Crippen LogP contribution in [0.2, 0.25) is 0 Å². The molecule has 0 saturated carbocycles. The molecule has 0 radical (unpaired) electrons. The molecular formula is C21H30O7P+. The lowest BCUT2D eigenvalue weighted by Crippen LogP contribution is -2.03. The van der Waals surface area contributed by atoms with Gasteiger partial charge in [0.2, 0.25) is 0 Å². The van der Waals surface area contributed by atoms with Crippen LogP contribution >= 0.6 is 7.80 Å². The predicted octanol–water partition coefficient (Wildman–Crippen LogP) is 3.67. The lowest BCUT2D eigenvalue weighted by Gasteiger charge is -2.05. The molecule has 8 heteroatoms. The maximum Gasteiger partial charge on any atom is 0.373 e. The van der Waals surface area contributed by atoms with Gasteiger partial charge in [-0.05, 0) is 36.4 Å². The first kappa shape index (κ1) is 28.7. The number of aliphatic hydroxyl groups is 2. The third-order valence-electron chi connectivity index (χ3n) is 2.60. The van der Waals surface area contributed by atoms with E-state index in [2.05, 4.69) is 36.1 Å². The number of benzene rings is 2. The fourth-order valence-corrected chi connectivity index (χ4v) is 2.07. The van der Waals surface area contributed by atoms with Gasteiger partial charge < -0.3 is 20.0 Å². The normalized spacial score (nSPS) is 9.28. The SMILES string of the molecule is C=C.C=C.C[P+](=O)c1ccccc1.OCCOOc1ccc(OOCCO)cc1. The van der Waals surface area contributed by atoms with Crippen molar-refractivity contribution in [3.05, 3.63) is 80.9 Å². The molecule has 0 amide bonds. The highest BCUT2D eigenvalue weighted by molar-refractivity contribution is 7.52. The standard InChI is InChI=1S/C10H14O6.C7H8OP.2C2H4/c11-5-7-13-15-9-1-2-10(4-3-9)16-14-8-6-12;1-9(8)7-5-3-2-4-6-7;2*1-2/h1-4,11-12H,5-8H2;2-6H,1H3;2*1-2H2/q;+1;;. The Labute approximate surface area is 173 Å². The summed E-state index contributed by atoms with van der Waals surface area (Å²) in [6.07, 6.45) is 0. The number of hydrogen-bond acceptors (Lipinski definition) is 7. The lowest BCUT2D eigenvalue weighted by molar-refractivity contribution is -0.214. The molecule has 7 nitrogen and oxygen atoms in total. The summed E-state index contributed by atoms with van der Waals surface area (Å²) in [6.45, 7) is 13.7. The number of aliphatic hydroxyl groups excluding tert-OH is 2. The van der Waals surface area contributed by atoms with Gasteiger partial charge in [-0.25, -0.2) is 0 Å². The zero-order chi connectivity index (χ0) is 22.3. The monoisotopic (exact) mass is 425 g/mol. The van der Waals surface area contributed by atoms with E-state index >= 15 is 0 Å². The van der Waals surface area contributed by atoms with Crippen LogP contribution in [0.3, 0.4) is 0 Å². The molecule has 2 aromatic rings. The molecule has 0 aliphatic carbocycles. The smallest absolute Gasteiger partial charge is 0.373 e. The van der Waals surface area contributed by atoms with Gasteiger partial charge in [0.15, 0.2) is 16.8 Å². The average molecular weight is 425 g/mol. The summed E-state index contributed by atoms with van der Waals surface area (Å²) >= 11 is 0. The summed E-state index contributed by atoms with van der Waals surface area (Å²) in [5.41, 5.74) is 0. The van der Waals surface area contributed by atoms with Gasteiger partial charge in [0.25, 0.3) is 0 Å². The van der Waals surface area contributed by atoms with Crippen LogP contribution < -0.4 is 15.1 Å². The van der Waals surface area contributed by atoms with Gasteiger partial charge in [0.1, 0.15) is 19.9 Å². The second kappa shape index (κ2) is 21.8. The van der Waals surface area contributed by atoms with Crippen molar-refractivity contribution in [3.8, 4) is 11.5 Å². The second-order valence-electron chi connectivity index (χ2n) is 4.56. The van der Waals surface area contributed by atoms with Crippen molar-refractivity contribution in [1.82, 2.24) is 0 Å². The summed E-state index contributed by atoms with van der Waals surface area (Å²) in [6, 6.07) is 15.9. The topological polar surface area (TPSA) is 94.5 Å². The fourth-order valence-electron chi connectivity index (χ4n) is 1.48. The van der Waals surface area contributed by atoms with Gasteiger partial charge in [-0.15, -0.1) is 26.3 Å². The first-order valence-corrected chi connectivity index (χ1v) is 10.2. The number of hydrogen-bond donors (Lipinski definition) is 2. The maximum atomic E-state index is 10.8. The van der Waals surface area contributed by atoms with E-state index in [-0.39, 0.29) is 26.4 Å². The summed E-state index contributed by atoms with van der Waals surface area (Å²) in [5, 5.41) is 17.8. The van der Waals surface area contributed by atoms with Crippen LogP contribution in [-0.4, -0.2) is 43.3 Å².